The van der Waals surface area contributed by atoms with E-state index in [1.165, 1.54) is 27.8 Å². The van der Waals surface area contributed by atoms with Gasteiger partial charge in [0.1, 0.15) is 0 Å². The van der Waals surface area contributed by atoms with Gasteiger partial charge in [-0.25, -0.2) is 0 Å². The third-order valence-corrected chi connectivity index (χ3v) is 4.91. The number of rotatable bonds is 10. The normalized spacial score (nSPS) is 12.3. The van der Waals surface area contributed by atoms with E-state index in [0.717, 1.165) is 31.4 Å². The van der Waals surface area contributed by atoms with Crippen LogP contribution in [0, 0.1) is 6.92 Å². The molecular weight excluding hydrogens is 322 g/mol. The van der Waals surface area contributed by atoms with Gasteiger partial charge in [-0.2, -0.15) is 0 Å². The van der Waals surface area contributed by atoms with Gasteiger partial charge < -0.3 is 9.47 Å². The molecule has 0 saturated heterocycles. The standard InChI is InChI=1S/C23H33NO2/c1-6-10-22(26-14-13-25-5)20-16-24-21(15-17(20)4)23-18(7-2)11-9-12-19(23)8-3/h9,11-12,15-16,22H,6-8,10,13-14H2,1-5H3. The summed E-state index contributed by atoms with van der Waals surface area (Å²) in [7, 11) is 1.70. The fourth-order valence-corrected chi connectivity index (χ4v) is 3.48. The Labute approximate surface area is 158 Å². The number of ether oxygens (including phenoxy) is 2. The summed E-state index contributed by atoms with van der Waals surface area (Å²) in [6.45, 7) is 10.0. The third kappa shape index (κ3) is 4.93. The van der Waals surface area contributed by atoms with Crippen molar-refractivity contribution in [1.82, 2.24) is 4.98 Å². The molecule has 3 nitrogen and oxygen atoms in total. The lowest BCUT2D eigenvalue weighted by molar-refractivity contribution is 0.0113. The van der Waals surface area contributed by atoms with Gasteiger partial charge >= 0.3 is 0 Å². The van der Waals surface area contributed by atoms with Gasteiger partial charge in [0.2, 0.25) is 0 Å². The molecule has 1 aromatic carbocycles. The average Bonchev–Trinajstić information content (AvgIpc) is 2.66. The second-order valence-corrected chi connectivity index (χ2v) is 6.73. The molecule has 1 aromatic heterocycles. The minimum Gasteiger partial charge on any atom is -0.382 e. The third-order valence-electron chi connectivity index (χ3n) is 4.91. The van der Waals surface area contributed by atoms with Gasteiger partial charge in [-0.05, 0) is 48.9 Å². The van der Waals surface area contributed by atoms with E-state index < -0.39 is 0 Å². The number of methoxy groups -OCH3 is 1. The Kier molecular flexibility index (Phi) is 8.27. The first-order valence-corrected chi connectivity index (χ1v) is 9.84. The molecule has 1 heterocycles. The van der Waals surface area contributed by atoms with Crippen LogP contribution in [-0.2, 0) is 22.3 Å². The van der Waals surface area contributed by atoms with Crippen LogP contribution >= 0.6 is 0 Å². The molecule has 0 N–H and O–H groups in total. The lowest BCUT2D eigenvalue weighted by Crippen LogP contribution is -2.11. The zero-order chi connectivity index (χ0) is 18.9. The Bertz CT molecular complexity index is 674. The molecule has 26 heavy (non-hydrogen) atoms. The van der Waals surface area contributed by atoms with Gasteiger partial charge in [0.15, 0.2) is 0 Å². The Morgan fingerprint density at radius 1 is 1.04 bits per heavy atom. The minimum atomic E-state index is 0.0868. The first-order chi connectivity index (χ1) is 12.7. The highest BCUT2D eigenvalue weighted by molar-refractivity contribution is 5.69. The van der Waals surface area contributed by atoms with Crippen molar-refractivity contribution in [2.24, 2.45) is 0 Å². The van der Waals surface area contributed by atoms with Crippen LogP contribution in [-0.4, -0.2) is 25.3 Å². The fourth-order valence-electron chi connectivity index (χ4n) is 3.48. The topological polar surface area (TPSA) is 31.4 Å². The molecule has 0 aliphatic carbocycles. The molecule has 2 aromatic rings. The van der Waals surface area contributed by atoms with Crippen molar-refractivity contribution >= 4 is 0 Å². The van der Waals surface area contributed by atoms with Crippen molar-refractivity contribution in [2.45, 2.75) is 59.5 Å². The molecular formula is C23H33NO2. The summed E-state index contributed by atoms with van der Waals surface area (Å²) in [5.41, 5.74) is 7.56. The molecule has 0 aliphatic rings. The van der Waals surface area contributed by atoms with Crippen LogP contribution < -0.4 is 0 Å². The number of hydrogen-bond acceptors (Lipinski definition) is 3. The molecule has 0 bridgehead atoms. The van der Waals surface area contributed by atoms with Gasteiger partial charge in [0.25, 0.3) is 0 Å². The number of pyridine rings is 1. The average molecular weight is 356 g/mol. The Morgan fingerprint density at radius 2 is 1.73 bits per heavy atom. The van der Waals surface area contributed by atoms with Gasteiger partial charge in [0.05, 0.1) is 25.0 Å². The van der Waals surface area contributed by atoms with Crippen LogP contribution in [0.15, 0.2) is 30.5 Å². The van der Waals surface area contributed by atoms with Gasteiger partial charge in [-0.3, -0.25) is 4.98 Å². The highest BCUT2D eigenvalue weighted by atomic mass is 16.5. The summed E-state index contributed by atoms with van der Waals surface area (Å²) >= 11 is 0. The molecule has 3 heteroatoms. The zero-order valence-corrected chi connectivity index (χ0v) is 17.0. The second kappa shape index (κ2) is 10.4. The summed E-state index contributed by atoms with van der Waals surface area (Å²) in [5, 5.41) is 0. The number of hydrogen-bond donors (Lipinski definition) is 0. The van der Waals surface area contributed by atoms with E-state index in [1.54, 1.807) is 7.11 Å². The molecule has 0 saturated carbocycles. The molecule has 1 atom stereocenters. The van der Waals surface area contributed by atoms with Crippen molar-refractivity contribution in [3.05, 3.63) is 52.7 Å². The Hall–Kier alpha value is -1.71. The lowest BCUT2D eigenvalue weighted by Gasteiger charge is -2.20. The van der Waals surface area contributed by atoms with Crippen LogP contribution in [0.4, 0.5) is 0 Å². The fraction of sp³-hybridized carbons (Fsp3) is 0.522. The Balaban J connectivity index is 2.37. The van der Waals surface area contributed by atoms with Crippen LogP contribution in [0.3, 0.4) is 0 Å². The second-order valence-electron chi connectivity index (χ2n) is 6.73. The maximum atomic E-state index is 6.06. The van der Waals surface area contributed by atoms with Crippen molar-refractivity contribution in [3.8, 4) is 11.3 Å². The molecule has 0 aliphatic heterocycles. The van der Waals surface area contributed by atoms with Crippen LogP contribution in [0.5, 0.6) is 0 Å². The Morgan fingerprint density at radius 3 is 2.27 bits per heavy atom. The van der Waals surface area contributed by atoms with Crippen molar-refractivity contribution in [1.29, 1.82) is 0 Å². The predicted octanol–water partition coefficient (Wildman–Crippen LogP) is 5.69. The van der Waals surface area contributed by atoms with Crippen LogP contribution in [0.2, 0.25) is 0 Å². The molecule has 142 valence electrons. The van der Waals surface area contributed by atoms with Crippen LogP contribution in [0.25, 0.3) is 11.3 Å². The largest absolute Gasteiger partial charge is 0.382 e. The molecule has 0 radical (unpaired) electrons. The highest BCUT2D eigenvalue weighted by Crippen LogP contribution is 2.31. The number of benzene rings is 1. The van der Waals surface area contributed by atoms with Gasteiger partial charge in [-0.15, -0.1) is 0 Å². The predicted molar refractivity (Wildman–Crippen MR) is 109 cm³/mol. The van der Waals surface area contributed by atoms with E-state index in [2.05, 4.69) is 52.0 Å². The molecule has 0 fully saturated rings. The first kappa shape index (κ1) is 20.6. The SMILES string of the molecule is CCCC(OCCOC)c1cnc(-c2c(CC)cccc2CC)cc1C. The molecule has 2 rings (SSSR count). The van der Waals surface area contributed by atoms with E-state index in [0.29, 0.717) is 13.2 Å². The molecule has 1 unspecified atom stereocenters. The van der Waals surface area contributed by atoms with Crippen molar-refractivity contribution in [2.75, 3.05) is 20.3 Å². The molecule has 0 spiro atoms. The van der Waals surface area contributed by atoms with E-state index in [9.17, 15) is 0 Å². The van der Waals surface area contributed by atoms with Crippen molar-refractivity contribution < 1.29 is 9.47 Å². The van der Waals surface area contributed by atoms with Gasteiger partial charge in [-0.1, -0.05) is 45.4 Å². The smallest absolute Gasteiger partial charge is 0.0843 e. The van der Waals surface area contributed by atoms with E-state index in [4.69, 9.17) is 14.5 Å². The lowest BCUT2D eigenvalue weighted by atomic mass is 9.93. The van der Waals surface area contributed by atoms with E-state index in [-0.39, 0.29) is 6.10 Å². The number of nitrogens with zero attached hydrogens (tertiary/aromatic N) is 1. The minimum absolute atomic E-state index is 0.0868. The van der Waals surface area contributed by atoms with Crippen molar-refractivity contribution in [3.63, 3.8) is 0 Å². The highest BCUT2D eigenvalue weighted by Gasteiger charge is 2.17. The summed E-state index contributed by atoms with van der Waals surface area (Å²) in [6, 6.07) is 8.81. The first-order valence-electron chi connectivity index (χ1n) is 9.84. The quantitative estimate of drug-likeness (QED) is 0.513. The van der Waals surface area contributed by atoms with E-state index in [1.807, 2.05) is 6.20 Å². The van der Waals surface area contributed by atoms with Gasteiger partial charge in [0, 0.05) is 24.4 Å². The number of aromatic nitrogens is 1. The zero-order valence-electron chi connectivity index (χ0n) is 17.0. The summed E-state index contributed by atoms with van der Waals surface area (Å²) in [6.07, 6.45) is 6.22. The van der Waals surface area contributed by atoms with E-state index >= 15 is 0 Å². The summed E-state index contributed by atoms with van der Waals surface area (Å²) < 4.78 is 11.2. The summed E-state index contributed by atoms with van der Waals surface area (Å²) in [5.74, 6) is 0. The number of aryl methyl sites for hydroxylation is 3. The summed E-state index contributed by atoms with van der Waals surface area (Å²) in [4.78, 5) is 4.85. The monoisotopic (exact) mass is 355 g/mol. The molecule has 0 amide bonds. The maximum Gasteiger partial charge on any atom is 0.0843 e. The maximum absolute atomic E-state index is 6.06. The van der Waals surface area contributed by atoms with Crippen LogP contribution in [0.1, 0.15) is 62.0 Å².